The Kier molecular flexibility index (Phi) is 4.64. The van der Waals surface area contributed by atoms with E-state index in [-0.39, 0.29) is 5.56 Å². The maximum absolute atomic E-state index is 11.4. The third kappa shape index (κ3) is 3.28. The van der Waals surface area contributed by atoms with Crippen LogP contribution < -0.4 is 5.56 Å². The Hall–Kier alpha value is -1.90. The van der Waals surface area contributed by atoms with Crippen LogP contribution in [0.15, 0.2) is 41.3 Å². The van der Waals surface area contributed by atoms with Gasteiger partial charge in [-0.1, -0.05) is 19.9 Å². The van der Waals surface area contributed by atoms with Crippen molar-refractivity contribution in [1.82, 2.24) is 9.55 Å². The van der Waals surface area contributed by atoms with Crippen molar-refractivity contribution in [2.75, 3.05) is 0 Å². The molecule has 0 aliphatic carbocycles. The largest absolute Gasteiger partial charge is 0.319 e. The topological polar surface area (TPSA) is 34.9 Å². The molecule has 0 unspecified atom stereocenters. The zero-order chi connectivity index (χ0) is 12.8. The molecule has 0 amide bonds. The highest BCUT2D eigenvalue weighted by molar-refractivity contribution is 5.58. The van der Waals surface area contributed by atoms with Gasteiger partial charge in [-0.05, 0) is 25.1 Å². The van der Waals surface area contributed by atoms with E-state index in [1.807, 2.05) is 45.0 Å². The number of hydrogen-bond acceptors (Lipinski definition) is 2. The molecule has 0 fully saturated rings. The lowest BCUT2D eigenvalue weighted by Crippen LogP contribution is -2.14. The van der Waals surface area contributed by atoms with Crippen molar-refractivity contribution in [2.45, 2.75) is 20.8 Å². The van der Waals surface area contributed by atoms with Crippen LogP contribution in [0.1, 0.15) is 19.5 Å². The van der Waals surface area contributed by atoms with Crippen molar-refractivity contribution < 1.29 is 0 Å². The predicted molar refractivity (Wildman–Crippen MR) is 71.0 cm³/mol. The summed E-state index contributed by atoms with van der Waals surface area (Å²) >= 11 is 0. The van der Waals surface area contributed by atoms with E-state index < -0.39 is 0 Å². The summed E-state index contributed by atoms with van der Waals surface area (Å²) in [6.07, 6.45) is 1.75. The number of nitrogens with zero attached hydrogens (tertiary/aromatic N) is 2. The van der Waals surface area contributed by atoms with Gasteiger partial charge in [0.1, 0.15) is 0 Å². The Morgan fingerprint density at radius 3 is 2.47 bits per heavy atom. The Morgan fingerprint density at radius 2 is 1.88 bits per heavy atom. The second-order valence-electron chi connectivity index (χ2n) is 3.53. The number of hydrogen-bond donors (Lipinski definition) is 0. The fourth-order valence-electron chi connectivity index (χ4n) is 1.41. The molecule has 0 N–H and O–H groups in total. The van der Waals surface area contributed by atoms with Gasteiger partial charge in [0.25, 0.3) is 5.56 Å². The summed E-state index contributed by atoms with van der Waals surface area (Å²) in [5, 5.41) is 0. The average molecular weight is 230 g/mol. The molecule has 0 aromatic carbocycles. The zero-order valence-electron chi connectivity index (χ0n) is 10.8. The van der Waals surface area contributed by atoms with Crippen molar-refractivity contribution in [2.24, 2.45) is 7.05 Å². The first kappa shape index (κ1) is 13.2. The molecular formula is C14H18N2O. The molecule has 3 nitrogen and oxygen atoms in total. The molecule has 0 saturated carbocycles. The maximum Gasteiger partial charge on any atom is 0.250 e. The molecule has 0 saturated heterocycles. The van der Waals surface area contributed by atoms with Crippen LogP contribution in [-0.4, -0.2) is 9.55 Å². The summed E-state index contributed by atoms with van der Waals surface area (Å²) in [7, 11) is 1.73. The van der Waals surface area contributed by atoms with Crippen molar-refractivity contribution in [1.29, 1.82) is 0 Å². The van der Waals surface area contributed by atoms with Gasteiger partial charge in [0.05, 0.1) is 5.69 Å². The molecule has 3 heteroatoms. The average Bonchev–Trinajstić information content (AvgIpc) is 2.35. The Labute approximate surface area is 102 Å². The van der Waals surface area contributed by atoms with E-state index in [9.17, 15) is 4.79 Å². The summed E-state index contributed by atoms with van der Waals surface area (Å²) in [4.78, 5) is 15.8. The van der Waals surface area contributed by atoms with Gasteiger partial charge in [-0.25, -0.2) is 0 Å². The van der Waals surface area contributed by atoms with Crippen LogP contribution in [0.3, 0.4) is 0 Å². The van der Waals surface area contributed by atoms with Crippen molar-refractivity contribution in [3.8, 4) is 11.3 Å². The fourth-order valence-corrected chi connectivity index (χ4v) is 1.41. The van der Waals surface area contributed by atoms with Crippen LogP contribution in [0.25, 0.3) is 11.3 Å². The highest BCUT2D eigenvalue weighted by Crippen LogP contribution is 2.14. The normalized spacial score (nSPS) is 9.41. The Balaban J connectivity index is 0.000000686. The minimum atomic E-state index is -0.0178. The van der Waals surface area contributed by atoms with Crippen molar-refractivity contribution in [3.05, 3.63) is 52.6 Å². The third-order valence-corrected chi connectivity index (χ3v) is 2.29. The molecule has 2 aromatic rings. The molecule has 0 atom stereocenters. The maximum atomic E-state index is 11.4. The molecule has 0 aliphatic rings. The Bertz CT molecular complexity index is 544. The lowest BCUT2D eigenvalue weighted by molar-refractivity contribution is 0.861. The van der Waals surface area contributed by atoms with Gasteiger partial charge in [-0.3, -0.25) is 9.78 Å². The van der Waals surface area contributed by atoms with Crippen molar-refractivity contribution in [3.63, 3.8) is 0 Å². The third-order valence-electron chi connectivity index (χ3n) is 2.29. The lowest BCUT2D eigenvalue weighted by atomic mass is 10.1. The van der Waals surface area contributed by atoms with Gasteiger partial charge >= 0.3 is 0 Å². The SMILES string of the molecule is CC.Cc1cccc(-c2ccn(C)c(=O)c2)n1. The van der Waals surface area contributed by atoms with Crippen LogP contribution in [0.5, 0.6) is 0 Å². The Morgan fingerprint density at radius 1 is 1.18 bits per heavy atom. The molecule has 17 heavy (non-hydrogen) atoms. The van der Waals surface area contributed by atoms with Crippen LogP contribution in [0.4, 0.5) is 0 Å². The zero-order valence-corrected chi connectivity index (χ0v) is 10.8. The molecule has 0 spiro atoms. The monoisotopic (exact) mass is 230 g/mol. The number of aryl methyl sites for hydroxylation is 2. The van der Waals surface area contributed by atoms with Gasteiger partial charge in [0.15, 0.2) is 0 Å². The van der Waals surface area contributed by atoms with Crippen LogP contribution >= 0.6 is 0 Å². The van der Waals surface area contributed by atoms with Crippen molar-refractivity contribution >= 4 is 0 Å². The lowest BCUT2D eigenvalue weighted by Gasteiger charge is -2.02. The molecule has 2 rings (SSSR count). The summed E-state index contributed by atoms with van der Waals surface area (Å²) in [5.41, 5.74) is 2.64. The first-order chi connectivity index (χ1) is 8.16. The van der Waals surface area contributed by atoms with E-state index in [0.717, 1.165) is 17.0 Å². The fraction of sp³-hybridized carbons (Fsp3) is 0.286. The minimum Gasteiger partial charge on any atom is -0.319 e. The molecular weight excluding hydrogens is 212 g/mol. The highest BCUT2D eigenvalue weighted by atomic mass is 16.1. The second-order valence-corrected chi connectivity index (χ2v) is 3.53. The molecule has 2 aromatic heterocycles. The van der Waals surface area contributed by atoms with Gasteiger partial charge in [0, 0.05) is 30.6 Å². The first-order valence-corrected chi connectivity index (χ1v) is 5.77. The van der Waals surface area contributed by atoms with Crippen LogP contribution in [-0.2, 0) is 7.05 Å². The van der Waals surface area contributed by atoms with Crippen LogP contribution in [0.2, 0.25) is 0 Å². The van der Waals surface area contributed by atoms with E-state index in [1.165, 1.54) is 0 Å². The summed E-state index contributed by atoms with van der Waals surface area (Å²) < 4.78 is 1.54. The van der Waals surface area contributed by atoms with E-state index in [0.29, 0.717) is 0 Å². The number of rotatable bonds is 1. The van der Waals surface area contributed by atoms with Gasteiger partial charge in [-0.15, -0.1) is 0 Å². The second kappa shape index (κ2) is 5.99. The minimum absolute atomic E-state index is 0.0178. The predicted octanol–water partition coefficient (Wildman–Crippen LogP) is 2.78. The quantitative estimate of drug-likeness (QED) is 0.755. The van der Waals surface area contributed by atoms with E-state index in [1.54, 1.807) is 23.9 Å². The summed E-state index contributed by atoms with van der Waals surface area (Å²) in [5.74, 6) is 0. The number of aromatic nitrogens is 2. The van der Waals surface area contributed by atoms with Gasteiger partial charge in [-0.2, -0.15) is 0 Å². The molecule has 0 bridgehead atoms. The van der Waals surface area contributed by atoms with E-state index in [2.05, 4.69) is 4.98 Å². The highest BCUT2D eigenvalue weighted by Gasteiger charge is 2.00. The molecule has 2 heterocycles. The standard InChI is InChI=1S/C12H12N2O.C2H6/c1-9-4-3-5-11(13-9)10-6-7-14(2)12(15)8-10;1-2/h3-8H,1-2H3;1-2H3. The number of pyridine rings is 2. The summed E-state index contributed by atoms with van der Waals surface area (Å²) in [6.45, 7) is 5.94. The summed E-state index contributed by atoms with van der Waals surface area (Å²) in [6, 6.07) is 9.27. The van der Waals surface area contributed by atoms with Gasteiger partial charge < -0.3 is 4.57 Å². The van der Waals surface area contributed by atoms with E-state index in [4.69, 9.17) is 0 Å². The molecule has 90 valence electrons. The van der Waals surface area contributed by atoms with Gasteiger partial charge in [0.2, 0.25) is 0 Å². The van der Waals surface area contributed by atoms with E-state index >= 15 is 0 Å². The smallest absolute Gasteiger partial charge is 0.250 e. The first-order valence-electron chi connectivity index (χ1n) is 5.77. The molecule has 0 radical (unpaired) electrons. The van der Waals surface area contributed by atoms with Crippen LogP contribution in [0, 0.1) is 6.92 Å². The molecule has 0 aliphatic heterocycles.